The van der Waals surface area contributed by atoms with Crippen LogP contribution in [0.1, 0.15) is 29.3 Å². The first-order valence-electron chi connectivity index (χ1n) is 9.20. The molecule has 0 spiro atoms. The fourth-order valence-corrected chi connectivity index (χ4v) is 2.72. The Morgan fingerprint density at radius 2 is 1.69 bits per heavy atom. The molecule has 0 radical (unpaired) electrons. The molecule has 29 heavy (non-hydrogen) atoms. The van der Waals surface area contributed by atoms with E-state index in [9.17, 15) is 9.59 Å². The van der Waals surface area contributed by atoms with Gasteiger partial charge in [0.25, 0.3) is 5.91 Å². The number of anilines is 1. The number of nitrogens with one attached hydrogen (secondary N) is 2. The molecule has 0 heterocycles. The van der Waals surface area contributed by atoms with Gasteiger partial charge in [0.05, 0.1) is 32.6 Å². The third kappa shape index (κ3) is 5.51. The fraction of sp³-hybridized carbons (Fsp3) is 0.273. The highest BCUT2D eigenvalue weighted by molar-refractivity contribution is 6.07. The zero-order valence-electron chi connectivity index (χ0n) is 17.1. The molecule has 2 aromatic rings. The van der Waals surface area contributed by atoms with Gasteiger partial charge in [0.2, 0.25) is 11.7 Å². The van der Waals surface area contributed by atoms with Gasteiger partial charge in [0, 0.05) is 18.2 Å². The molecule has 2 N–H and O–H groups in total. The van der Waals surface area contributed by atoms with Crippen molar-refractivity contribution >= 4 is 23.6 Å². The van der Waals surface area contributed by atoms with Gasteiger partial charge >= 0.3 is 0 Å². The number of amides is 2. The van der Waals surface area contributed by atoms with Crippen LogP contribution < -0.4 is 24.8 Å². The predicted octanol–water partition coefficient (Wildman–Crippen LogP) is 3.50. The van der Waals surface area contributed by atoms with E-state index in [2.05, 4.69) is 10.6 Å². The van der Waals surface area contributed by atoms with Gasteiger partial charge in [0.1, 0.15) is 0 Å². The van der Waals surface area contributed by atoms with Crippen LogP contribution in [0.15, 0.2) is 42.5 Å². The maximum atomic E-state index is 12.4. The number of carbonyl (C=O) groups excluding carboxylic acids is 2. The minimum atomic E-state index is -0.377. The lowest BCUT2D eigenvalue weighted by molar-refractivity contribution is -0.111. The monoisotopic (exact) mass is 398 g/mol. The van der Waals surface area contributed by atoms with E-state index in [1.54, 1.807) is 42.5 Å². The van der Waals surface area contributed by atoms with Gasteiger partial charge in [-0.2, -0.15) is 0 Å². The lowest BCUT2D eigenvalue weighted by Crippen LogP contribution is -2.25. The summed E-state index contributed by atoms with van der Waals surface area (Å²) in [6.07, 6.45) is 3.80. The van der Waals surface area contributed by atoms with Crippen molar-refractivity contribution in [3.8, 4) is 17.2 Å². The van der Waals surface area contributed by atoms with E-state index < -0.39 is 0 Å². The van der Waals surface area contributed by atoms with Crippen molar-refractivity contribution in [2.75, 3.05) is 33.2 Å². The van der Waals surface area contributed by atoms with Crippen LogP contribution in [0.2, 0.25) is 0 Å². The topological polar surface area (TPSA) is 85.9 Å². The van der Waals surface area contributed by atoms with Gasteiger partial charge in [0.15, 0.2) is 11.5 Å². The van der Waals surface area contributed by atoms with E-state index >= 15 is 0 Å². The molecular weight excluding hydrogens is 372 g/mol. The van der Waals surface area contributed by atoms with Crippen LogP contribution in [0.4, 0.5) is 5.69 Å². The number of hydrogen-bond donors (Lipinski definition) is 2. The maximum absolute atomic E-state index is 12.4. The molecule has 7 heteroatoms. The molecule has 0 atom stereocenters. The molecule has 0 aliphatic heterocycles. The van der Waals surface area contributed by atoms with Crippen LogP contribution in [0.25, 0.3) is 6.08 Å². The van der Waals surface area contributed by atoms with Crippen LogP contribution in [0, 0.1) is 0 Å². The molecule has 0 aromatic heterocycles. The number of benzene rings is 2. The van der Waals surface area contributed by atoms with Gasteiger partial charge < -0.3 is 24.8 Å². The van der Waals surface area contributed by atoms with E-state index in [0.717, 1.165) is 6.42 Å². The van der Waals surface area contributed by atoms with Crippen molar-refractivity contribution in [2.24, 2.45) is 0 Å². The molecule has 0 unspecified atom stereocenters. The number of methoxy groups -OCH3 is 3. The number of ether oxygens (including phenoxy) is 3. The molecule has 154 valence electrons. The normalized spacial score (nSPS) is 10.5. The number of para-hydroxylation sites is 1. The summed E-state index contributed by atoms with van der Waals surface area (Å²) >= 11 is 0. The van der Waals surface area contributed by atoms with Crippen molar-refractivity contribution in [3.05, 3.63) is 53.6 Å². The second kappa shape index (κ2) is 10.8. The summed E-state index contributed by atoms with van der Waals surface area (Å²) in [5.41, 5.74) is 1.50. The first-order chi connectivity index (χ1) is 14.0. The number of hydrogen-bond acceptors (Lipinski definition) is 5. The summed E-state index contributed by atoms with van der Waals surface area (Å²) in [5.74, 6) is 0.814. The Labute approximate surface area is 170 Å². The minimum Gasteiger partial charge on any atom is -0.493 e. The average molecular weight is 398 g/mol. The fourth-order valence-electron chi connectivity index (χ4n) is 2.72. The van der Waals surface area contributed by atoms with Crippen molar-refractivity contribution in [1.82, 2.24) is 5.32 Å². The molecule has 0 aliphatic carbocycles. The summed E-state index contributed by atoms with van der Waals surface area (Å²) in [5, 5.41) is 5.55. The summed E-state index contributed by atoms with van der Waals surface area (Å²) in [6, 6.07) is 10.3. The molecule has 0 saturated heterocycles. The third-order valence-corrected chi connectivity index (χ3v) is 4.11. The molecule has 0 bridgehead atoms. The Bertz CT molecular complexity index is 893. The van der Waals surface area contributed by atoms with E-state index in [0.29, 0.717) is 40.6 Å². The SMILES string of the molecule is CCCNC(=O)c1ccccc1NC(=O)C=Cc1ccc(OC)c(OC)c1OC. The quantitative estimate of drug-likeness (QED) is 0.632. The van der Waals surface area contributed by atoms with Crippen molar-refractivity contribution in [2.45, 2.75) is 13.3 Å². The summed E-state index contributed by atoms with van der Waals surface area (Å²) in [6.45, 7) is 2.54. The van der Waals surface area contributed by atoms with E-state index in [-0.39, 0.29) is 11.8 Å². The lowest BCUT2D eigenvalue weighted by atomic mass is 10.1. The first kappa shape index (κ1) is 21.8. The van der Waals surface area contributed by atoms with E-state index in [1.165, 1.54) is 27.4 Å². The smallest absolute Gasteiger partial charge is 0.253 e. The van der Waals surface area contributed by atoms with Crippen LogP contribution in [0.3, 0.4) is 0 Å². The van der Waals surface area contributed by atoms with Crippen LogP contribution in [0.5, 0.6) is 17.2 Å². The van der Waals surface area contributed by atoms with Crippen LogP contribution in [-0.2, 0) is 4.79 Å². The molecule has 0 saturated carbocycles. The van der Waals surface area contributed by atoms with Gasteiger partial charge in [-0.05, 0) is 36.8 Å². The van der Waals surface area contributed by atoms with Crippen LogP contribution >= 0.6 is 0 Å². The van der Waals surface area contributed by atoms with Crippen molar-refractivity contribution in [1.29, 1.82) is 0 Å². The molecule has 7 nitrogen and oxygen atoms in total. The zero-order chi connectivity index (χ0) is 21.2. The molecule has 2 rings (SSSR count). The number of rotatable bonds is 9. The summed E-state index contributed by atoms with van der Waals surface area (Å²) in [4.78, 5) is 24.7. The van der Waals surface area contributed by atoms with Gasteiger partial charge in [-0.15, -0.1) is 0 Å². The van der Waals surface area contributed by atoms with Gasteiger partial charge in [-0.3, -0.25) is 9.59 Å². The molecular formula is C22H26N2O5. The second-order valence-electron chi connectivity index (χ2n) is 6.05. The van der Waals surface area contributed by atoms with Crippen LogP contribution in [-0.4, -0.2) is 39.7 Å². The average Bonchev–Trinajstić information content (AvgIpc) is 2.75. The lowest BCUT2D eigenvalue weighted by Gasteiger charge is -2.14. The standard InChI is InChI=1S/C22H26N2O5/c1-5-14-23-22(26)16-8-6-7-9-17(16)24-19(25)13-11-15-10-12-18(27-2)21(29-4)20(15)28-3/h6-13H,5,14H2,1-4H3,(H,23,26)(H,24,25). The first-order valence-corrected chi connectivity index (χ1v) is 9.20. The highest BCUT2D eigenvalue weighted by Gasteiger charge is 2.15. The Kier molecular flexibility index (Phi) is 8.09. The van der Waals surface area contributed by atoms with E-state index in [4.69, 9.17) is 14.2 Å². The van der Waals surface area contributed by atoms with Gasteiger partial charge in [-0.25, -0.2) is 0 Å². The molecule has 0 aliphatic rings. The predicted molar refractivity (Wildman–Crippen MR) is 113 cm³/mol. The summed E-state index contributed by atoms with van der Waals surface area (Å²) in [7, 11) is 4.56. The number of carbonyl (C=O) groups is 2. The van der Waals surface area contributed by atoms with Crippen molar-refractivity contribution < 1.29 is 23.8 Å². The maximum Gasteiger partial charge on any atom is 0.253 e. The molecule has 2 amide bonds. The van der Waals surface area contributed by atoms with Crippen molar-refractivity contribution in [3.63, 3.8) is 0 Å². The highest BCUT2D eigenvalue weighted by Crippen LogP contribution is 2.40. The second-order valence-corrected chi connectivity index (χ2v) is 6.05. The third-order valence-electron chi connectivity index (χ3n) is 4.11. The summed E-state index contributed by atoms with van der Waals surface area (Å²) < 4.78 is 16.0. The highest BCUT2D eigenvalue weighted by atomic mass is 16.5. The van der Waals surface area contributed by atoms with Gasteiger partial charge in [-0.1, -0.05) is 19.1 Å². The largest absolute Gasteiger partial charge is 0.493 e. The Morgan fingerprint density at radius 3 is 2.34 bits per heavy atom. The van der Waals surface area contributed by atoms with E-state index in [1.807, 2.05) is 6.92 Å². The minimum absolute atomic E-state index is 0.228. The zero-order valence-corrected chi connectivity index (χ0v) is 17.1. The molecule has 2 aromatic carbocycles. The Hall–Kier alpha value is -3.48. The Balaban J connectivity index is 2.20. The molecule has 0 fully saturated rings. The Morgan fingerprint density at radius 1 is 0.966 bits per heavy atom.